The van der Waals surface area contributed by atoms with E-state index >= 15 is 0 Å². The Kier molecular flexibility index (Phi) is 14.9. The minimum absolute atomic E-state index is 0.0495. The standard InChI is InChI=1S/C32H48O3/c1-4-6-8-10-11-12-13-15-17-28-18-20-29(21-19-28)30-22-24-31(25-23-30)34-26-32(33)35-27(3)16-14-9-7-5-2/h18-25,27H,4-17,26H2,1-3H3/t27-/m0/s1. The van der Waals surface area contributed by atoms with E-state index < -0.39 is 0 Å². The highest BCUT2D eigenvalue weighted by Gasteiger charge is 2.10. The summed E-state index contributed by atoms with van der Waals surface area (Å²) in [5, 5.41) is 0. The Balaban J connectivity index is 1.66. The Morgan fingerprint density at radius 3 is 1.80 bits per heavy atom. The Bertz CT molecular complexity index is 795. The molecule has 0 amide bonds. The summed E-state index contributed by atoms with van der Waals surface area (Å²) in [6.45, 7) is 6.38. The fraction of sp³-hybridized carbons (Fsp3) is 0.594. The summed E-state index contributed by atoms with van der Waals surface area (Å²) >= 11 is 0. The molecule has 0 aliphatic rings. The minimum Gasteiger partial charge on any atom is -0.482 e. The molecule has 1 atom stereocenters. The number of hydrogen-bond acceptors (Lipinski definition) is 3. The fourth-order valence-electron chi connectivity index (χ4n) is 4.39. The van der Waals surface area contributed by atoms with Crippen molar-refractivity contribution in [1.29, 1.82) is 0 Å². The van der Waals surface area contributed by atoms with Crippen molar-refractivity contribution in [1.82, 2.24) is 0 Å². The minimum atomic E-state index is -0.302. The van der Waals surface area contributed by atoms with Crippen LogP contribution in [0.5, 0.6) is 5.75 Å². The van der Waals surface area contributed by atoms with Crippen molar-refractivity contribution in [3.05, 3.63) is 54.1 Å². The molecule has 0 spiro atoms. The number of esters is 1. The lowest BCUT2D eigenvalue weighted by Gasteiger charge is -2.13. The molecular formula is C32H48O3. The van der Waals surface area contributed by atoms with Crippen molar-refractivity contribution >= 4 is 5.97 Å². The Labute approximate surface area is 214 Å². The van der Waals surface area contributed by atoms with Crippen LogP contribution in [0.4, 0.5) is 0 Å². The van der Waals surface area contributed by atoms with Crippen molar-refractivity contribution in [3.8, 4) is 16.9 Å². The van der Waals surface area contributed by atoms with E-state index in [-0.39, 0.29) is 18.7 Å². The maximum absolute atomic E-state index is 12.1. The van der Waals surface area contributed by atoms with Gasteiger partial charge in [0, 0.05) is 0 Å². The van der Waals surface area contributed by atoms with Gasteiger partial charge in [0.1, 0.15) is 5.75 Å². The third-order valence-electron chi connectivity index (χ3n) is 6.61. The molecule has 0 heterocycles. The maximum atomic E-state index is 12.1. The van der Waals surface area contributed by atoms with Crippen LogP contribution in [-0.4, -0.2) is 18.7 Å². The molecule has 0 aromatic heterocycles. The summed E-state index contributed by atoms with van der Waals surface area (Å²) in [5.74, 6) is 0.386. The monoisotopic (exact) mass is 480 g/mol. The highest BCUT2D eigenvalue weighted by atomic mass is 16.6. The summed E-state index contributed by atoms with van der Waals surface area (Å²) in [4.78, 5) is 12.1. The first-order valence-corrected chi connectivity index (χ1v) is 14.1. The highest BCUT2D eigenvalue weighted by Crippen LogP contribution is 2.23. The van der Waals surface area contributed by atoms with Gasteiger partial charge in [-0.05, 0) is 61.4 Å². The van der Waals surface area contributed by atoms with Gasteiger partial charge in [-0.2, -0.15) is 0 Å². The third-order valence-corrected chi connectivity index (χ3v) is 6.61. The van der Waals surface area contributed by atoms with Crippen LogP contribution in [0.15, 0.2) is 48.5 Å². The number of benzene rings is 2. The average molecular weight is 481 g/mol. The van der Waals surface area contributed by atoms with Crippen LogP contribution >= 0.6 is 0 Å². The molecular weight excluding hydrogens is 432 g/mol. The van der Waals surface area contributed by atoms with Gasteiger partial charge in [-0.15, -0.1) is 0 Å². The van der Waals surface area contributed by atoms with Gasteiger partial charge in [0.15, 0.2) is 6.61 Å². The molecule has 0 fully saturated rings. The van der Waals surface area contributed by atoms with Gasteiger partial charge in [0.05, 0.1) is 6.10 Å². The van der Waals surface area contributed by atoms with E-state index in [2.05, 4.69) is 38.1 Å². The summed E-state index contributed by atoms with van der Waals surface area (Å²) < 4.78 is 11.1. The van der Waals surface area contributed by atoms with E-state index in [1.54, 1.807) is 0 Å². The van der Waals surface area contributed by atoms with Crippen molar-refractivity contribution in [2.45, 2.75) is 117 Å². The van der Waals surface area contributed by atoms with Crippen LogP contribution in [0.3, 0.4) is 0 Å². The second-order valence-corrected chi connectivity index (χ2v) is 9.88. The summed E-state index contributed by atoms with van der Waals surface area (Å²) in [6, 6.07) is 16.8. The van der Waals surface area contributed by atoms with Gasteiger partial charge < -0.3 is 9.47 Å². The first-order chi connectivity index (χ1) is 17.1. The first kappa shape index (κ1) is 28.9. The highest BCUT2D eigenvalue weighted by molar-refractivity contribution is 5.71. The number of carbonyl (C=O) groups is 1. The van der Waals surface area contributed by atoms with E-state index in [0.717, 1.165) is 24.8 Å². The quantitative estimate of drug-likeness (QED) is 0.148. The lowest BCUT2D eigenvalue weighted by molar-refractivity contribution is -0.150. The van der Waals surface area contributed by atoms with Crippen LogP contribution in [0.1, 0.15) is 110 Å². The second kappa shape index (κ2) is 18.0. The smallest absolute Gasteiger partial charge is 0.344 e. The number of carbonyl (C=O) groups excluding carboxylic acids is 1. The maximum Gasteiger partial charge on any atom is 0.344 e. The van der Waals surface area contributed by atoms with E-state index in [0.29, 0.717) is 5.75 Å². The summed E-state index contributed by atoms with van der Waals surface area (Å²) in [5.41, 5.74) is 3.77. The number of hydrogen-bond donors (Lipinski definition) is 0. The Morgan fingerprint density at radius 2 is 1.20 bits per heavy atom. The molecule has 0 saturated carbocycles. The lowest BCUT2D eigenvalue weighted by Crippen LogP contribution is -2.20. The first-order valence-electron chi connectivity index (χ1n) is 14.1. The number of ether oxygens (including phenoxy) is 2. The van der Waals surface area contributed by atoms with Crippen LogP contribution in [0.2, 0.25) is 0 Å². The van der Waals surface area contributed by atoms with E-state index in [4.69, 9.17) is 9.47 Å². The molecule has 2 rings (SSSR count). The van der Waals surface area contributed by atoms with Crippen molar-refractivity contribution in [3.63, 3.8) is 0 Å². The topological polar surface area (TPSA) is 35.5 Å². The molecule has 0 aliphatic heterocycles. The zero-order valence-electron chi connectivity index (χ0n) is 22.5. The summed E-state index contributed by atoms with van der Waals surface area (Å²) in [7, 11) is 0. The molecule has 3 nitrogen and oxygen atoms in total. The SMILES string of the molecule is CCCCCCCCCCc1ccc(-c2ccc(OCC(=O)O[C@@H](C)CCCCCC)cc2)cc1. The molecule has 0 N–H and O–H groups in total. The second-order valence-electron chi connectivity index (χ2n) is 9.88. The molecule has 35 heavy (non-hydrogen) atoms. The van der Waals surface area contributed by atoms with Gasteiger partial charge in [-0.25, -0.2) is 4.79 Å². The third kappa shape index (κ3) is 12.8. The largest absolute Gasteiger partial charge is 0.482 e. The molecule has 2 aromatic rings. The normalized spacial score (nSPS) is 11.9. The molecule has 0 unspecified atom stereocenters. The zero-order chi connectivity index (χ0) is 25.1. The van der Waals surface area contributed by atoms with E-state index in [1.807, 2.05) is 31.2 Å². The number of rotatable bonds is 19. The molecule has 0 bridgehead atoms. The Hall–Kier alpha value is -2.29. The Morgan fingerprint density at radius 1 is 0.686 bits per heavy atom. The van der Waals surface area contributed by atoms with Gasteiger partial charge in [0.2, 0.25) is 0 Å². The molecule has 3 heteroatoms. The molecule has 2 aromatic carbocycles. The molecule has 0 radical (unpaired) electrons. The van der Waals surface area contributed by atoms with Crippen LogP contribution in [0.25, 0.3) is 11.1 Å². The average Bonchev–Trinajstić information content (AvgIpc) is 2.88. The van der Waals surface area contributed by atoms with Gasteiger partial charge in [-0.1, -0.05) is 114 Å². The van der Waals surface area contributed by atoms with Crippen molar-refractivity contribution in [2.24, 2.45) is 0 Å². The van der Waals surface area contributed by atoms with Crippen LogP contribution in [0, 0.1) is 0 Å². The van der Waals surface area contributed by atoms with Gasteiger partial charge >= 0.3 is 5.97 Å². The van der Waals surface area contributed by atoms with Crippen LogP contribution < -0.4 is 4.74 Å². The molecule has 0 saturated heterocycles. The van der Waals surface area contributed by atoms with Gasteiger partial charge in [0.25, 0.3) is 0 Å². The van der Waals surface area contributed by atoms with Crippen molar-refractivity contribution in [2.75, 3.05) is 6.61 Å². The molecule has 194 valence electrons. The number of aryl methyl sites for hydroxylation is 1. The van der Waals surface area contributed by atoms with E-state index in [9.17, 15) is 4.79 Å². The predicted octanol–water partition coefficient (Wildman–Crippen LogP) is 9.32. The fourth-order valence-corrected chi connectivity index (χ4v) is 4.39. The lowest BCUT2D eigenvalue weighted by atomic mass is 10.0. The van der Waals surface area contributed by atoms with Crippen LogP contribution in [-0.2, 0) is 16.0 Å². The van der Waals surface area contributed by atoms with E-state index in [1.165, 1.54) is 81.8 Å². The predicted molar refractivity (Wildman–Crippen MR) is 148 cm³/mol. The van der Waals surface area contributed by atoms with Gasteiger partial charge in [-0.3, -0.25) is 0 Å². The summed E-state index contributed by atoms with van der Waals surface area (Å²) in [6.07, 6.45) is 17.6. The zero-order valence-corrected chi connectivity index (χ0v) is 22.5. The van der Waals surface area contributed by atoms with Crippen molar-refractivity contribution < 1.29 is 14.3 Å². The number of unbranched alkanes of at least 4 members (excludes halogenated alkanes) is 10. The molecule has 0 aliphatic carbocycles.